The summed E-state index contributed by atoms with van der Waals surface area (Å²) in [5.74, 6) is 0.796. The van der Waals surface area contributed by atoms with Crippen LogP contribution in [0.1, 0.15) is 12.5 Å². The molecule has 104 valence electrons. The highest BCUT2D eigenvalue weighted by Gasteiger charge is 2.06. The van der Waals surface area contributed by atoms with Crippen molar-refractivity contribution in [3.8, 4) is 5.75 Å². The third-order valence-electron chi connectivity index (χ3n) is 2.70. The predicted octanol–water partition coefficient (Wildman–Crippen LogP) is 4.12. The van der Waals surface area contributed by atoms with Gasteiger partial charge in [0, 0.05) is 11.3 Å². The number of thiocarbonyl (C=S) groups is 1. The van der Waals surface area contributed by atoms with Crippen LogP contribution in [0.4, 0.5) is 11.4 Å². The monoisotopic (exact) mass is 306 g/mol. The zero-order valence-corrected chi connectivity index (χ0v) is 12.6. The van der Waals surface area contributed by atoms with Gasteiger partial charge in [0.05, 0.1) is 17.3 Å². The summed E-state index contributed by atoms with van der Waals surface area (Å²) < 4.78 is 5.57. The number of ether oxygens (including phenoxy) is 1. The number of para-hydroxylation sites is 2. The molecule has 3 nitrogen and oxygen atoms in total. The third-order valence-corrected chi connectivity index (χ3v) is 3.23. The second-order valence-corrected chi connectivity index (χ2v) is 4.96. The summed E-state index contributed by atoms with van der Waals surface area (Å²) in [6, 6.07) is 13.2. The summed E-state index contributed by atoms with van der Waals surface area (Å²) in [7, 11) is 0. The first-order valence-corrected chi connectivity index (χ1v) is 6.98. The highest BCUT2D eigenvalue weighted by Crippen LogP contribution is 2.29. The molecule has 0 bridgehead atoms. The Balaban J connectivity index is 2.26. The van der Waals surface area contributed by atoms with E-state index in [1.807, 2.05) is 37.3 Å². The lowest BCUT2D eigenvalue weighted by atomic mass is 10.2. The van der Waals surface area contributed by atoms with E-state index in [0.29, 0.717) is 17.2 Å². The molecule has 0 heterocycles. The van der Waals surface area contributed by atoms with Crippen LogP contribution in [-0.4, -0.2) is 11.6 Å². The minimum Gasteiger partial charge on any atom is -0.492 e. The molecule has 2 rings (SSSR count). The molecule has 5 heteroatoms. The van der Waals surface area contributed by atoms with Crippen molar-refractivity contribution in [3.63, 3.8) is 0 Å². The molecule has 0 saturated carbocycles. The van der Waals surface area contributed by atoms with Crippen LogP contribution >= 0.6 is 23.8 Å². The van der Waals surface area contributed by atoms with Crippen molar-refractivity contribution in [2.75, 3.05) is 11.9 Å². The van der Waals surface area contributed by atoms with Gasteiger partial charge in [0.25, 0.3) is 0 Å². The van der Waals surface area contributed by atoms with Crippen molar-refractivity contribution in [3.05, 3.63) is 53.1 Å². The van der Waals surface area contributed by atoms with Gasteiger partial charge in [0.15, 0.2) is 0 Å². The second-order valence-electron chi connectivity index (χ2n) is 4.11. The van der Waals surface area contributed by atoms with Crippen LogP contribution in [0.2, 0.25) is 5.02 Å². The zero-order valence-electron chi connectivity index (χ0n) is 11.0. The van der Waals surface area contributed by atoms with E-state index < -0.39 is 0 Å². The minimum atomic E-state index is 0.288. The molecular formula is C15H15ClN2OS. The average Bonchev–Trinajstić information content (AvgIpc) is 2.41. The van der Waals surface area contributed by atoms with Gasteiger partial charge in [-0.2, -0.15) is 0 Å². The Morgan fingerprint density at radius 3 is 2.70 bits per heavy atom. The molecule has 2 aromatic carbocycles. The van der Waals surface area contributed by atoms with Gasteiger partial charge in [0.1, 0.15) is 10.7 Å². The number of benzene rings is 2. The van der Waals surface area contributed by atoms with Crippen molar-refractivity contribution < 1.29 is 4.74 Å². The van der Waals surface area contributed by atoms with E-state index in [1.165, 1.54) is 0 Å². The van der Waals surface area contributed by atoms with Crippen LogP contribution in [0.15, 0.2) is 42.5 Å². The Morgan fingerprint density at radius 1 is 1.30 bits per heavy atom. The van der Waals surface area contributed by atoms with E-state index in [1.54, 1.807) is 12.1 Å². The number of nitrogens with two attached hydrogens (primary N) is 1. The number of rotatable bonds is 5. The molecule has 0 unspecified atom stereocenters. The Hall–Kier alpha value is -1.78. The number of nitrogens with one attached hydrogen (secondary N) is 1. The van der Waals surface area contributed by atoms with Crippen molar-refractivity contribution in [2.24, 2.45) is 5.73 Å². The molecule has 0 atom stereocenters. The van der Waals surface area contributed by atoms with Gasteiger partial charge >= 0.3 is 0 Å². The van der Waals surface area contributed by atoms with Crippen molar-refractivity contribution in [2.45, 2.75) is 6.92 Å². The molecule has 0 aliphatic carbocycles. The maximum Gasteiger partial charge on any atom is 0.142 e. The van der Waals surface area contributed by atoms with Gasteiger partial charge in [0.2, 0.25) is 0 Å². The number of hydrogen-bond donors (Lipinski definition) is 2. The fourth-order valence-corrected chi connectivity index (χ4v) is 2.32. The first-order chi connectivity index (χ1) is 9.61. The molecule has 0 saturated heterocycles. The summed E-state index contributed by atoms with van der Waals surface area (Å²) in [6.07, 6.45) is 0. The molecule has 2 aromatic rings. The Labute approximate surface area is 128 Å². The van der Waals surface area contributed by atoms with E-state index in [2.05, 4.69) is 5.32 Å². The maximum absolute atomic E-state index is 6.15. The van der Waals surface area contributed by atoms with E-state index in [-0.39, 0.29) is 4.99 Å². The number of hydrogen-bond acceptors (Lipinski definition) is 3. The van der Waals surface area contributed by atoms with Gasteiger partial charge in [-0.05, 0) is 37.3 Å². The largest absolute Gasteiger partial charge is 0.492 e. The van der Waals surface area contributed by atoms with Crippen LogP contribution in [0.5, 0.6) is 5.75 Å². The molecule has 0 aliphatic rings. The van der Waals surface area contributed by atoms with Gasteiger partial charge in [-0.3, -0.25) is 0 Å². The van der Waals surface area contributed by atoms with Gasteiger partial charge in [-0.15, -0.1) is 0 Å². The lowest BCUT2D eigenvalue weighted by Gasteiger charge is -2.13. The molecule has 0 radical (unpaired) electrons. The van der Waals surface area contributed by atoms with Crippen LogP contribution in [0, 0.1) is 0 Å². The normalized spacial score (nSPS) is 10.1. The minimum absolute atomic E-state index is 0.288. The van der Waals surface area contributed by atoms with Crippen molar-refractivity contribution in [1.29, 1.82) is 0 Å². The predicted molar refractivity (Wildman–Crippen MR) is 88.2 cm³/mol. The fourth-order valence-electron chi connectivity index (χ4n) is 1.80. The van der Waals surface area contributed by atoms with Gasteiger partial charge in [-0.25, -0.2) is 0 Å². The lowest BCUT2D eigenvalue weighted by Crippen LogP contribution is -2.10. The summed E-state index contributed by atoms with van der Waals surface area (Å²) in [5, 5.41) is 3.80. The smallest absolute Gasteiger partial charge is 0.142 e. The summed E-state index contributed by atoms with van der Waals surface area (Å²) >= 11 is 11.1. The summed E-state index contributed by atoms with van der Waals surface area (Å²) in [4.78, 5) is 0.288. The van der Waals surface area contributed by atoms with Crippen molar-refractivity contribution in [1.82, 2.24) is 0 Å². The van der Waals surface area contributed by atoms with E-state index >= 15 is 0 Å². The molecule has 0 fully saturated rings. The lowest BCUT2D eigenvalue weighted by molar-refractivity contribution is 0.342. The summed E-state index contributed by atoms with van der Waals surface area (Å²) in [6.45, 7) is 2.56. The van der Waals surface area contributed by atoms with Gasteiger partial charge < -0.3 is 15.8 Å². The molecule has 0 aliphatic heterocycles. The standard InChI is InChI=1S/C15H15ClN2OS/c1-2-19-14-6-4-3-5-13(14)18-10-7-8-11(15(17)20)12(16)9-10/h3-9,18H,2H2,1H3,(H2,17,20). The first kappa shape index (κ1) is 14.6. The molecule has 20 heavy (non-hydrogen) atoms. The zero-order chi connectivity index (χ0) is 14.5. The van der Waals surface area contributed by atoms with Crippen LogP contribution < -0.4 is 15.8 Å². The van der Waals surface area contributed by atoms with Crippen LogP contribution in [0.3, 0.4) is 0 Å². The van der Waals surface area contributed by atoms with Gasteiger partial charge in [-0.1, -0.05) is 36.0 Å². The Kier molecular flexibility index (Phi) is 4.82. The highest BCUT2D eigenvalue weighted by atomic mass is 35.5. The Morgan fingerprint density at radius 2 is 2.05 bits per heavy atom. The SMILES string of the molecule is CCOc1ccccc1Nc1ccc(C(N)=S)c(Cl)c1. The van der Waals surface area contributed by atoms with Crippen LogP contribution in [0.25, 0.3) is 0 Å². The fraction of sp³-hybridized carbons (Fsp3) is 0.133. The van der Waals surface area contributed by atoms with Crippen LogP contribution in [-0.2, 0) is 0 Å². The van der Waals surface area contributed by atoms with E-state index in [4.69, 9.17) is 34.3 Å². The highest BCUT2D eigenvalue weighted by molar-refractivity contribution is 7.80. The van der Waals surface area contributed by atoms with E-state index in [0.717, 1.165) is 17.1 Å². The number of anilines is 2. The molecule has 0 amide bonds. The quantitative estimate of drug-likeness (QED) is 0.816. The number of halogens is 1. The van der Waals surface area contributed by atoms with Crippen molar-refractivity contribution >= 4 is 40.2 Å². The Bertz CT molecular complexity index is 631. The molecule has 0 aromatic heterocycles. The molecule has 0 spiro atoms. The molecule has 3 N–H and O–H groups in total. The first-order valence-electron chi connectivity index (χ1n) is 6.20. The topological polar surface area (TPSA) is 47.3 Å². The second kappa shape index (κ2) is 6.59. The molecular weight excluding hydrogens is 292 g/mol. The van der Waals surface area contributed by atoms with E-state index in [9.17, 15) is 0 Å². The maximum atomic E-state index is 6.15. The third kappa shape index (κ3) is 3.40. The average molecular weight is 307 g/mol. The summed E-state index contributed by atoms with van der Waals surface area (Å²) in [5.41, 5.74) is 7.99.